The number of carbonyl (C=O) groups is 1. The zero-order chi connectivity index (χ0) is 20.1. The van der Waals surface area contributed by atoms with Gasteiger partial charge in [-0.25, -0.2) is 0 Å². The molecule has 1 N–H and O–H groups in total. The van der Waals surface area contributed by atoms with Gasteiger partial charge < -0.3 is 14.8 Å². The topological polar surface area (TPSA) is 60.5 Å². The maximum atomic E-state index is 12.7. The first-order valence-electron chi connectivity index (χ1n) is 9.23. The van der Waals surface area contributed by atoms with E-state index in [0.717, 1.165) is 22.9 Å². The minimum absolute atomic E-state index is 0.250. The van der Waals surface area contributed by atoms with Crippen LogP contribution in [0.5, 0.6) is 11.5 Å². The Balaban J connectivity index is 1.77. The summed E-state index contributed by atoms with van der Waals surface area (Å²) < 4.78 is 11.5. The molecule has 6 heteroatoms. The molecular weight excluding hydrogens is 376 g/mol. The Hall–Kier alpha value is -2.79. The average molecular weight is 399 g/mol. The number of nitrogens with zero attached hydrogens (tertiary/aromatic N) is 1. The summed E-state index contributed by atoms with van der Waals surface area (Å²) in [4.78, 5) is 17.1. The molecule has 1 amide bonds. The molecule has 0 aliphatic carbocycles. The summed E-state index contributed by atoms with van der Waals surface area (Å²) in [5.41, 5.74) is 2.28. The molecule has 0 aliphatic rings. The van der Waals surface area contributed by atoms with Crippen LogP contribution in [0.4, 0.5) is 5.69 Å². The van der Waals surface area contributed by atoms with Gasteiger partial charge in [-0.3, -0.25) is 9.78 Å². The predicted molar refractivity (Wildman–Crippen MR) is 112 cm³/mol. The smallest absolute Gasteiger partial charge is 0.265 e. The highest BCUT2D eigenvalue weighted by atomic mass is 35.5. The van der Waals surface area contributed by atoms with Gasteiger partial charge in [-0.15, -0.1) is 0 Å². The molecule has 1 heterocycles. The number of rotatable bonds is 7. The van der Waals surface area contributed by atoms with Crippen LogP contribution in [-0.2, 0) is 4.79 Å². The Morgan fingerprint density at radius 1 is 1.25 bits per heavy atom. The molecule has 1 atom stereocenters. The molecule has 146 valence electrons. The van der Waals surface area contributed by atoms with Gasteiger partial charge in [-0.1, -0.05) is 18.5 Å². The highest BCUT2D eigenvalue weighted by Crippen LogP contribution is 2.30. The van der Waals surface area contributed by atoms with E-state index in [4.69, 9.17) is 21.1 Å². The lowest BCUT2D eigenvalue weighted by Crippen LogP contribution is -2.30. The van der Waals surface area contributed by atoms with Gasteiger partial charge in [0.25, 0.3) is 5.91 Å². The third kappa shape index (κ3) is 4.54. The van der Waals surface area contributed by atoms with E-state index in [1.807, 2.05) is 44.2 Å². The minimum atomic E-state index is -0.677. The van der Waals surface area contributed by atoms with E-state index in [-0.39, 0.29) is 5.91 Å². The fourth-order valence-corrected chi connectivity index (χ4v) is 2.88. The van der Waals surface area contributed by atoms with Crippen LogP contribution in [0.15, 0.2) is 48.7 Å². The van der Waals surface area contributed by atoms with Gasteiger partial charge in [-0.05, 0) is 68.3 Å². The number of hydrogen-bond acceptors (Lipinski definition) is 4. The van der Waals surface area contributed by atoms with Gasteiger partial charge in [0.05, 0.1) is 12.3 Å². The molecule has 28 heavy (non-hydrogen) atoms. The van der Waals surface area contributed by atoms with Crippen LogP contribution >= 0.6 is 11.6 Å². The van der Waals surface area contributed by atoms with Crippen LogP contribution in [0.2, 0.25) is 5.02 Å². The molecular formula is C22H23ClN2O3. The average Bonchev–Trinajstić information content (AvgIpc) is 2.70. The van der Waals surface area contributed by atoms with Crippen LogP contribution in [0.3, 0.4) is 0 Å². The number of benzene rings is 2. The Bertz CT molecular complexity index is 991. The molecule has 0 spiro atoms. The van der Waals surface area contributed by atoms with E-state index in [0.29, 0.717) is 28.8 Å². The van der Waals surface area contributed by atoms with Crippen LogP contribution in [0.1, 0.15) is 25.8 Å². The summed E-state index contributed by atoms with van der Waals surface area (Å²) in [6, 6.07) is 12.7. The predicted octanol–water partition coefficient (Wildman–Crippen LogP) is 5.39. The lowest BCUT2D eigenvalue weighted by molar-refractivity contribution is -0.122. The number of pyridine rings is 1. The number of halogens is 1. The Kier molecular flexibility index (Phi) is 6.37. The van der Waals surface area contributed by atoms with Crippen LogP contribution < -0.4 is 14.8 Å². The van der Waals surface area contributed by atoms with Gasteiger partial charge in [0.1, 0.15) is 17.0 Å². The van der Waals surface area contributed by atoms with Crippen molar-refractivity contribution in [3.63, 3.8) is 0 Å². The number of hydrogen-bond donors (Lipinski definition) is 1. The van der Waals surface area contributed by atoms with Crippen molar-refractivity contribution in [1.82, 2.24) is 4.98 Å². The highest BCUT2D eigenvalue weighted by Gasteiger charge is 2.17. The maximum absolute atomic E-state index is 12.7. The third-order valence-electron chi connectivity index (χ3n) is 4.26. The zero-order valence-electron chi connectivity index (χ0n) is 16.2. The number of aryl methyl sites for hydroxylation is 1. The molecule has 5 nitrogen and oxygen atoms in total. The largest absolute Gasteiger partial charge is 0.491 e. The molecule has 2 aromatic carbocycles. The second kappa shape index (κ2) is 8.93. The van der Waals surface area contributed by atoms with Crippen LogP contribution in [0, 0.1) is 6.92 Å². The first kappa shape index (κ1) is 20.0. The Morgan fingerprint density at radius 2 is 2.07 bits per heavy atom. The Labute approximate surface area is 169 Å². The van der Waals surface area contributed by atoms with Crippen molar-refractivity contribution >= 4 is 34.1 Å². The summed E-state index contributed by atoms with van der Waals surface area (Å²) in [6.45, 7) is 6.26. The van der Waals surface area contributed by atoms with Gasteiger partial charge in [0.2, 0.25) is 0 Å². The number of carbonyl (C=O) groups excluding carboxylic acids is 1. The van der Waals surface area contributed by atoms with Crippen molar-refractivity contribution in [2.45, 2.75) is 33.3 Å². The van der Waals surface area contributed by atoms with Crippen LogP contribution in [-0.4, -0.2) is 23.6 Å². The van der Waals surface area contributed by atoms with Gasteiger partial charge in [-0.2, -0.15) is 0 Å². The number of anilines is 1. The first-order chi connectivity index (χ1) is 13.5. The zero-order valence-corrected chi connectivity index (χ0v) is 16.9. The molecule has 0 bridgehead atoms. The molecule has 3 rings (SSSR count). The van der Waals surface area contributed by atoms with E-state index in [1.54, 1.807) is 25.3 Å². The van der Waals surface area contributed by atoms with Crippen molar-refractivity contribution in [1.29, 1.82) is 0 Å². The van der Waals surface area contributed by atoms with Crippen molar-refractivity contribution < 1.29 is 14.3 Å². The quantitative estimate of drug-likeness (QED) is 0.579. The lowest BCUT2D eigenvalue weighted by atomic mass is 10.1. The summed E-state index contributed by atoms with van der Waals surface area (Å²) in [7, 11) is 0. The molecule has 0 saturated carbocycles. The normalized spacial score (nSPS) is 11.9. The van der Waals surface area contributed by atoms with Crippen molar-refractivity contribution in [3.8, 4) is 11.5 Å². The van der Waals surface area contributed by atoms with E-state index < -0.39 is 6.10 Å². The van der Waals surface area contributed by atoms with Crippen molar-refractivity contribution in [2.24, 2.45) is 0 Å². The summed E-state index contributed by atoms with van der Waals surface area (Å²) in [5.74, 6) is 1.05. The number of aromatic nitrogens is 1. The number of amides is 1. The van der Waals surface area contributed by atoms with E-state index in [1.165, 1.54) is 0 Å². The van der Waals surface area contributed by atoms with Gasteiger partial charge in [0.15, 0.2) is 6.10 Å². The van der Waals surface area contributed by atoms with Crippen molar-refractivity contribution in [3.05, 3.63) is 59.2 Å². The molecule has 0 unspecified atom stereocenters. The monoisotopic (exact) mass is 398 g/mol. The van der Waals surface area contributed by atoms with Crippen LogP contribution in [0.25, 0.3) is 10.9 Å². The molecule has 0 fully saturated rings. The molecule has 0 aliphatic heterocycles. The minimum Gasteiger partial charge on any atom is -0.491 e. The number of nitrogens with one attached hydrogen (secondary N) is 1. The molecule has 0 saturated heterocycles. The van der Waals surface area contributed by atoms with Gasteiger partial charge >= 0.3 is 0 Å². The molecule has 1 aromatic heterocycles. The second-order valence-corrected chi connectivity index (χ2v) is 6.93. The lowest BCUT2D eigenvalue weighted by Gasteiger charge is -2.17. The summed E-state index contributed by atoms with van der Waals surface area (Å²) in [5, 5.41) is 4.41. The fraction of sp³-hybridized carbons (Fsp3) is 0.273. The highest BCUT2D eigenvalue weighted by molar-refractivity contribution is 6.31. The van der Waals surface area contributed by atoms with Gasteiger partial charge in [0, 0.05) is 16.6 Å². The van der Waals surface area contributed by atoms with Crippen molar-refractivity contribution in [2.75, 3.05) is 11.9 Å². The fourth-order valence-electron chi connectivity index (χ4n) is 2.77. The third-order valence-corrected chi connectivity index (χ3v) is 4.69. The first-order valence-corrected chi connectivity index (χ1v) is 9.61. The molecule has 3 aromatic rings. The molecule has 0 radical (unpaired) electrons. The number of fused-ring (bicyclic) bond motifs is 1. The summed E-state index contributed by atoms with van der Waals surface area (Å²) >= 11 is 6.04. The van der Waals surface area contributed by atoms with E-state index in [9.17, 15) is 4.79 Å². The SMILES string of the molecule is CCCOc1ccc(NC(=O)[C@H](C)Oc2ccc(Cl)c(C)c2)c2cccnc12. The maximum Gasteiger partial charge on any atom is 0.265 e. The van der Waals surface area contributed by atoms with E-state index >= 15 is 0 Å². The summed E-state index contributed by atoms with van der Waals surface area (Å²) in [6.07, 6.45) is 1.94. The Morgan fingerprint density at radius 3 is 2.82 bits per heavy atom. The standard InChI is InChI=1S/C22H23ClN2O3/c1-4-12-27-20-10-9-19(17-6-5-11-24-21(17)20)25-22(26)15(3)28-16-7-8-18(23)14(2)13-16/h5-11,13,15H,4,12H2,1-3H3,(H,25,26)/t15-/m0/s1. The number of ether oxygens (including phenoxy) is 2. The van der Waals surface area contributed by atoms with E-state index in [2.05, 4.69) is 10.3 Å². The second-order valence-electron chi connectivity index (χ2n) is 6.52.